The molecule has 0 unspecified atom stereocenters. The van der Waals surface area contributed by atoms with Gasteiger partial charge < -0.3 is 35.1 Å². The van der Waals surface area contributed by atoms with Gasteiger partial charge in [-0.2, -0.15) is 0 Å². The van der Waals surface area contributed by atoms with E-state index in [1.165, 1.54) is 26.2 Å². The lowest BCUT2D eigenvalue weighted by Crippen LogP contribution is -2.23. The van der Waals surface area contributed by atoms with E-state index in [0.717, 1.165) is 0 Å². The van der Waals surface area contributed by atoms with Gasteiger partial charge in [0.2, 0.25) is 0 Å². The van der Waals surface area contributed by atoms with Crippen LogP contribution < -0.4 is 24.8 Å². The summed E-state index contributed by atoms with van der Waals surface area (Å²) in [6.07, 6.45) is -1.50. The van der Waals surface area contributed by atoms with Crippen molar-refractivity contribution >= 4 is 12.2 Å². The maximum Gasteiger partial charge on any atom is 0.412 e. The molecular weight excluding hydrogens is 476 g/mol. The molecule has 9 heteroatoms. The minimum Gasteiger partial charge on any atom is -0.507 e. The number of carbonyl (C=O) groups is 2. The second-order valence-electron chi connectivity index (χ2n) is 7.68. The SMILES string of the molecule is CNC(=O)Oc1c(Oc2cccc(-c3ccccc3O)c2OC(=O)NC)cccc1-c1ccccc1O. The molecule has 0 aliphatic rings. The molecular formula is C28H24N2O7. The Morgan fingerprint density at radius 1 is 0.568 bits per heavy atom. The van der Waals surface area contributed by atoms with Gasteiger partial charge in [-0.1, -0.05) is 60.7 Å². The van der Waals surface area contributed by atoms with E-state index >= 15 is 0 Å². The topological polar surface area (TPSA) is 126 Å². The van der Waals surface area contributed by atoms with E-state index in [0.29, 0.717) is 22.3 Å². The van der Waals surface area contributed by atoms with Gasteiger partial charge in [-0.25, -0.2) is 9.59 Å². The highest BCUT2D eigenvalue weighted by Crippen LogP contribution is 2.47. The number of aromatic hydroxyl groups is 2. The third-order valence-corrected chi connectivity index (χ3v) is 5.36. The van der Waals surface area contributed by atoms with Gasteiger partial charge in [0.25, 0.3) is 0 Å². The van der Waals surface area contributed by atoms with Crippen molar-refractivity contribution in [3.8, 4) is 56.8 Å². The molecule has 0 fully saturated rings. The van der Waals surface area contributed by atoms with Crippen molar-refractivity contribution in [2.75, 3.05) is 14.1 Å². The predicted octanol–water partition coefficient (Wildman–Crippen LogP) is 5.66. The summed E-state index contributed by atoms with van der Waals surface area (Å²) < 4.78 is 17.2. The van der Waals surface area contributed by atoms with Gasteiger partial charge in [-0.05, 0) is 24.3 Å². The van der Waals surface area contributed by atoms with Gasteiger partial charge in [0.05, 0.1) is 0 Å². The van der Waals surface area contributed by atoms with Gasteiger partial charge in [-0.3, -0.25) is 0 Å². The molecule has 0 heterocycles. The Kier molecular flexibility index (Phi) is 7.44. The van der Waals surface area contributed by atoms with E-state index in [1.54, 1.807) is 72.8 Å². The molecule has 188 valence electrons. The number of carbonyl (C=O) groups excluding carboxylic acids is 2. The predicted molar refractivity (Wildman–Crippen MR) is 137 cm³/mol. The summed E-state index contributed by atoms with van der Waals surface area (Å²) in [4.78, 5) is 24.5. The van der Waals surface area contributed by atoms with Gasteiger partial charge in [0.1, 0.15) is 11.5 Å². The van der Waals surface area contributed by atoms with E-state index in [4.69, 9.17) is 14.2 Å². The number of nitrogens with one attached hydrogen (secondary N) is 2. The lowest BCUT2D eigenvalue weighted by atomic mass is 10.0. The number of hydrogen-bond acceptors (Lipinski definition) is 7. The molecule has 2 amide bonds. The molecule has 0 aromatic heterocycles. The van der Waals surface area contributed by atoms with Crippen LogP contribution in [0.1, 0.15) is 0 Å². The van der Waals surface area contributed by atoms with Gasteiger partial charge in [-0.15, -0.1) is 0 Å². The van der Waals surface area contributed by atoms with Crippen LogP contribution in [-0.2, 0) is 0 Å². The molecule has 4 aromatic carbocycles. The summed E-state index contributed by atoms with van der Waals surface area (Å²) in [5.74, 6) is 0.240. The summed E-state index contributed by atoms with van der Waals surface area (Å²) in [5, 5.41) is 25.7. The van der Waals surface area contributed by atoms with Crippen molar-refractivity contribution < 1.29 is 34.0 Å². The third-order valence-electron chi connectivity index (χ3n) is 5.36. The number of benzene rings is 4. The van der Waals surface area contributed by atoms with Crippen molar-refractivity contribution in [3.05, 3.63) is 84.9 Å². The number of rotatable bonds is 6. The van der Waals surface area contributed by atoms with Crippen LogP contribution in [0.25, 0.3) is 22.3 Å². The molecule has 9 nitrogen and oxygen atoms in total. The number of para-hydroxylation sites is 4. The largest absolute Gasteiger partial charge is 0.507 e. The summed E-state index contributed by atoms with van der Waals surface area (Å²) >= 11 is 0. The molecule has 0 atom stereocenters. The molecule has 0 saturated carbocycles. The second-order valence-corrected chi connectivity index (χ2v) is 7.68. The minimum absolute atomic E-state index is 0.0217. The normalized spacial score (nSPS) is 10.3. The number of phenolic OH excluding ortho intramolecular Hbond substituents is 2. The van der Waals surface area contributed by atoms with Crippen molar-refractivity contribution in [3.63, 3.8) is 0 Å². The first kappa shape index (κ1) is 24.9. The Labute approximate surface area is 212 Å². The smallest absolute Gasteiger partial charge is 0.412 e. The Balaban J connectivity index is 1.88. The molecule has 0 aliphatic carbocycles. The van der Waals surface area contributed by atoms with Gasteiger partial charge >= 0.3 is 12.2 Å². The minimum atomic E-state index is -0.752. The molecule has 0 bridgehead atoms. The first-order valence-electron chi connectivity index (χ1n) is 11.2. The zero-order valence-corrected chi connectivity index (χ0v) is 20.0. The zero-order chi connectivity index (χ0) is 26.4. The van der Waals surface area contributed by atoms with E-state index in [9.17, 15) is 19.8 Å². The van der Waals surface area contributed by atoms with Crippen molar-refractivity contribution in [1.82, 2.24) is 10.6 Å². The standard InChI is InChI=1S/C28H24N2O7/c1-29-27(33)36-25-19(17-9-3-5-13-21(17)31)11-7-15-23(25)35-24-16-8-12-20(26(24)37-28(34)30-2)18-10-4-6-14-22(18)32/h3-16,31-32H,1-2H3,(H,29,33)(H,30,34). The Morgan fingerprint density at radius 2 is 0.946 bits per heavy atom. The number of ether oxygens (including phenoxy) is 3. The Hall–Kier alpha value is -5.18. The van der Waals surface area contributed by atoms with E-state index in [2.05, 4.69) is 10.6 Å². The van der Waals surface area contributed by atoms with Crippen LogP contribution in [0.5, 0.6) is 34.5 Å². The molecule has 4 N–H and O–H groups in total. The van der Waals surface area contributed by atoms with E-state index in [-0.39, 0.29) is 34.5 Å². The van der Waals surface area contributed by atoms with Crippen LogP contribution in [-0.4, -0.2) is 36.5 Å². The van der Waals surface area contributed by atoms with Crippen molar-refractivity contribution in [2.24, 2.45) is 0 Å². The molecule has 0 saturated heterocycles. The summed E-state index contributed by atoms with van der Waals surface area (Å²) in [6.45, 7) is 0. The second kappa shape index (κ2) is 11.0. The molecule has 4 aromatic rings. The van der Waals surface area contributed by atoms with Crippen molar-refractivity contribution in [1.29, 1.82) is 0 Å². The maximum atomic E-state index is 12.2. The fourth-order valence-electron chi connectivity index (χ4n) is 3.64. The zero-order valence-electron chi connectivity index (χ0n) is 20.0. The first-order chi connectivity index (χ1) is 17.9. The maximum absolute atomic E-state index is 12.2. The quantitative estimate of drug-likeness (QED) is 0.269. The summed E-state index contributed by atoms with van der Waals surface area (Å²) in [6, 6.07) is 23.0. The fourth-order valence-corrected chi connectivity index (χ4v) is 3.64. The molecule has 4 rings (SSSR count). The molecule has 0 spiro atoms. The van der Waals surface area contributed by atoms with Crippen LogP contribution >= 0.6 is 0 Å². The number of phenols is 2. The van der Waals surface area contributed by atoms with Gasteiger partial charge in [0.15, 0.2) is 23.0 Å². The fraction of sp³-hybridized carbons (Fsp3) is 0.0714. The monoisotopic (exact) mass is 500 g/mol. The van der Waals surface area contributed by atoms with Gasteiger partial charge in [0, 0.05) is 36.3 Å². The van der Waals surface area contributed by atoms with Crippen LogP contribution in [0.3, 0.4) is 0 Å². The molecule has 0 radical (unpaired) electrons. The Bertz CT molecular complexity index is 1340. The van der Waals surface area contributed by atoms with Crippen molar-refractivity contribution in [2.45, 2.75) is 0 Å². The Morgan fingerprint density at radius 3 is 1.32 bits per heavy atom. The lowest BCUT2D eigenvalue weighted by molar-refractivity contribution is 0.200. The van der Waals surface area contributed by atoms with Crippen LogP contribution in [0, 0.1) is 0 Å². The highest BCUT2D eigenvalue weighted by molar-refractivity contribution is 5.84. The van der Waals surface area contributed by atoms with E-state index < -0.39 is 12.2 Å². The lowest BCUT2D eigenvalue weighted by Gasteiger charge is -2.19. The number of hydrogen-bond donors (Lipinski definition) is 4. The van der Waals surface area contributed by atoms with Crippen LogP contribution in [0.15, 0.2) is 84.9 Å². The third kappa shape index (κ3) is 5.40. The molecule has 37 heavy (non-hydrogen) atoms. The number of amides is 2. The van der Waals surface area contributed by atoms with Crippen LogP contribution in [0.4, 0.5) is 9.59 Å². The highest BCUT2D eigenvalue weighted by Gasteiger charge is 2.23. The highest BCUT2D eigenvalue weighted by atomic mass is 16.6. The first-order valence-corrected chi connectivity index (χ1v) is 11.2. The van der Waals surface area contributed by atoms with E-state index in [1.807, 2.05) is 0 Å². The average Bonchev–Trinajstić information content (AvgIpc) is 2.91. The summed E-state index contributed by atoms with van der Waals surface area (Å²) in [7, 11) is 2.83. The molecule has 0 aliphatic heterocycles. The summed E-state index contributed by atoms with van der Waals surface area (Å²) in [5.41, 5.74) is 1.61. The van der Waals surface area contributed by atoms with Crippen LogP contribution in [0.2, 0.25) is 0 Å². The average molecular weight is 501 g/mol.